The summed E-state index contributed by atoms with van der Waals surface area (Å²) in [6.45, 7) is 2.06. The number of carbonyl (C=O) groups excluding carboxylic acids is 2. The van der Waals surface area contributed by atoms with Gasteiger partial charge in [-0.3, -0.25) is 9.59 Å². The van der Waals surface area contributed by atoms with E-state index in [2.05, 4.69) is 25.8 Å². The zero-order valence-electron chi connectivity index (χ0n) is 22.5. The maximum absolute atomic E-state index is 13.3. The first kappa shape index (κ1) is 29.9. The second kappa shape index (κ2) is 13.5. The zero-order valence-corrected chi connectivity index (χ0v) is 22.5. The highest BCUT2D eigenvalue weighted by molar-refractivity contribution is 5.96. The number of amides is 2. The van der Waals surface area contributed by atoms with E-state index in [1.165, 1.54) is 54.6 Å². The van der Waals surface area contributed by atoms with Gasteiger partial charge in [-0.1, -0.05) is 37.3 Å². The van der Waals surface area contributed by atoms with E-state index >= 15 is 0 Å². The van der Waals surface area contributed by atoms with Crippen LogP contribution >= 0.6 is 0 Å². The molecule has 2 amide bonds. The van der Waals surface area contributed by atoms with Crippen molar-refractivity contribution >= 4 is 17.5 Å². The molecule has 0 aliphatic heterocycles. The predicted octanol–water partition coefficient (Wildman–Crippen LogP) is 6.06. The third-order valence-corrected chi connectivity index (χ3v) is 6.88. The van der Waals surface area contributed by atoms with Crippen LogP contribution in [-0.2, 0) is 4.79 Å². The number of nitrogens with one attached hydrogen (secondary N) is 3. The lowest BCUT2D eigenvalue weighted by Gasteiger charge is -2.27. The van der Waals surface area contributed by atoms with Crippen molar-refractivity contribution < 1.29 is 36.4 Å². The molecule has 8 nitrogen and oxygen atoms in total. The van der Waals surface area contributed by atoms with E-state index in [1.54, 1.807) is 6.92 Å². The molecule has 3 N–H and O–H groups in total. The Bertz CT molecular complexity index is 1290. The van der Waals surface area contributed by atoms with Gasteiger partial charge in [0, 0.05) is 29.9 Å². The molecule has 1 heterocycles. The van der Waals surface area contributed by atoms with Crippen molar-refractivity contribution in [2.45, 2.75) is 63.9 Å². The number of halogens is 4. The van der Waals surface area contributed by atoms with E-state index in [0.29, 0.717) is 29.9 Å². The minimum atomic E-state index is -4.77. The maximum Gasteiger partial charge on any atom is 0.573 e. The van der Waals surface area contributed by atoms with Crippen LogP contribution in [0.3, 0.4) is 0 Å². The van der Waals surface area contributed by atoms with Gasteiger partial charge < -0.3 is 25.2 Å². The molecule has 0 bridgehead atoms. The van der Waals surface area contributed by atoms with Gasteiger partial charge in [-0.15, -0.1) is 13.2 Å². The molecule has 0 saturated heterocycles. The highest BCUT2D eigenvalue weighted by atomic mass is 19.4. The van der Waals surface area contributed by atoms with Crippen molar-refractivity contribution in [1.82, 2.24) is 15.8 Å². The highest BCUT2D eigenvalue weighted by Crippen LogP contribution is 2.28. The van der Waals surface area contributed by atoms with E-state index in [9.17, 15) is 27.2 Å². The van der Waals surface area contributed by atoms with Gasteiger partial charge in [0.2, 0.25) is 11.7 Å². The van der Waals surface area contributed by atoms with E-state index < -0.39 is 24.1 Å². The third-order valence-electron chi connectivity index (χ3n) is 6.88. The van der Waals surface area contributed by atoms with Crippen LogP contribution < -0.4 is 20.7 Å². The summed E-state index contributed by atoms with van der Waals surface area (Å²) in [7, 11) is 0. The molecule has 1 aliphatic carbocycles. The molecule has 1 saturated carbocycles. The number of ether oxygens (including phenoxy) is 1. The van der Waals surface area contributed by atoms with Crippen LogP contribution in [0.2, 0.25) is 0 Å². The average molecular weight is 577 g/mol. The van der Waals surface area contributed by atoms with E-state index in [4.69, 9.17) is 4.52 Å². The summed E-state index contributed by atoms with van der Waals surface area (Å²) in [5, 5.41) is 12.7. The van der Waals surface area contributed by atoms with Crippen LogP contribution in [0, 0.1) is 11.7 Å². The molecule has 4 rings (SSSR count). The summed E-state index contributed by atoms with van der Waals surface area (Å²) in [5.74, 6) is -1.46. The van der Waals surface area contributed by atoms with Crippen LogP contribution in [0.1, 0.15) is 56.0 Å². The van der Waals surface area contributed by atoms with Crippen molar-refractivity contribution in [2.24, 2.45) is 5.92 Å². The van der Waals surface area contributed by atoms with Gasteiger partial charge in [-0.25, -0.2) is 4.39 Å². The Morgan fingerprint density at radius 2 is 1.71 bits per heavy atom. The number of aromatic nitrogens is 1. The Morgan fingerprint density at radius 1 is 1.02 bits per heavy atom. The number of nitrogens with zero attached hydrogens (tertiary/aromatic N) is 1. The Balaban J connectivity index is 1.36. The molecule has 2 atom stereocenters. The van der Waals surface area contributed by atoms with E-state index in [-0.39, 0.29) is 29.4 Å². The predicted molar refractivity (Wildman–Crippen MR) is 144 cm³/mol. The largest absolute Gasteiger partial charge is 0.573 e. The first-order valence-electron chi connectivity index (χ1n) is 13.5. The second-order valence-electron chi connectivity index (χ2n) is 10.2. The van der Waals surface area contributed by atoms with Crippen LogP contribution in [0.5, 0.6) is 5.75 Å². The summed E-state index contributed by atoms with van der Waals surface area (Å²) >= 11 is 0. The number of anilines is 1. The number of carbonyl (C=O) groups is 2. The van der Waals surface area contributed by atoms with E-state index in [0.717, 1.165) is 32.1 Å². The van der Waals surface area contributed by atoms with Gasteiger partial charge in [0.05, 0.1) is 0 Å². The minimum absolute atomic E-state index is 0.0709. The van der Waals surface area contributed by atoms with Crippen molar-refractivity contribution in [3.05, 3.63) is 66.2 Å². The van der Waals surface area contributed by atoms with Crippen molar-refractivity contribution in [1.29, 1.82) is 0 Å². The van der Waals surface area contributed by atoms with Gasteiger partial charge in [0.15, 0.2) is 0 Å². The van der Waals surface area contributed by atoms with Gasteiger partial charge >= 0.3 is 6.36 Å². The summed E-state index contributed by atoms with van der Waals surface area (Å²) in [6, 6.07) is 11.1. The van der Waals surface area contributed by atoms with Gasteiger partial charge in [0.1, 0.15) is 23.3 Å². The van der Waals surface area contributed by atoms with Crippen molar-refractivity contribution in [3.8, 4) is 17.0 Å². The minimum Gasteiger partial charge on any atom is -0.406 e. The molecule has 0 radical (unpaired) electrons. The number of benzene rings is 2. The van der Waals surface area contributed by atoms with Gasteiger partial charge in [-0.05, 0) is 67.8 Å². The molecular weight excluding hydrogens is 544 g/mol. The fourth-order valence-electron chi connectivity index (χ4n) is 4.80. The molecule has 2 aromatic carbocycles. The smallest absolute Gasteiger partial charge is 0.406 e. The van der Waals surface area contributed by atoms with Crippen molar-refractivity contribution in [3.63, 3.8) is 0 Å². The zero-order chi connectivity index (χ0) is 29.4. The van der Waals surface area contributed by atoms with Gasteiger partial charge in [-0.2, -0.15) is 0 Å². The Kier molecular flexibility index (Phi) is 9.85. The normalized spacial score (nSPS) is 15.5. The fourth-order valence-corrected chi connectivity index (χ4v) is 4.80. The van der Waals surface area contributed by atoms with Gasteiger partial charge in [0.25, 0.3) is 5.91 Å². The molecule has 1 aliphatic rings. The molecular formula is C29H32F4N4O4. The number of alkyl halides is 3. The average Bonchev–Trinajstić information content (AvgIpc) is 3.43. The lowest BCUT2D eigenvalue weighted by atomic mass is 9.84. The lowest BCUT2D eigenvalue weighted by Crippen LogP contribution is -2.51. The number of hydrogen-bond acceptors (Lipinski definition) is 6. The highest BCUT2D eigenvalue weighted by Gasteiger charge is 2.31. The first-order chi connectivity index (χ1) is 19.6. The Morgan fingerprint density at radius 3 is 2.37 bits per heavy atom. The molecule has 1 fully saturated rings. The first-order valence-corrected chi connectivity index (χ1v) is 13.5. The molecule has 0 unspecified atom stereocenters. The number of rotatable bonds is 11. The Labute approximate surface area is 234 Å². The standard InChI is InChI=1S/C29H32F4N4O4/c1-18(17-34-22-11-13-23(14-12-22)40-29(31,32)33)35-27(38)25(15-19-5-3-2-4-6-19)36-28(39)26-16-24(37-41-26)20-7-9-21(30)10-8-20/h7-14,16,18-19,25,34H,2-6,15,17H2,1H3,(H,35,38)(H,36,39)/t18-,25-/m0/s1. The summed E-state index contributed by atoms with van der Waals surface area (Å²) in [6.07, 6.45) is 0.944. The summed E-state index contributed by atoms with van der Waals surface area (Å²) in [4.78, 5) is 26.3. The van der Waals surface area contributed by atoms with Crippen molar-refractivity contribution in [2.75, 3.05) is 11.9 Å². The summed E-state index contributed by atoms with van der Waals surface area (Å²) in [5.41, 5.74) is 1.49. The molecule has 1 aromatic heterocycles. The second-order valence-corrected chi connectivity index (χ2v) is 10.2. The SMILES string of the molecule is C[C@@H](CNc1ccc(OC(F)(F)F)cc1)NC(=O)[C@H](CC1CCCCC1)NC(=O)c1cc(-c2ccc(F)cc2)no1. The molecule has 0 spiro atoms. The van der Waals surface area contributed by atoms with Crippen LogP contribution in [0.15, 0.2) is 59.1 Å². The molecule has 12 heteroatoms. The monoisotopic (exact) mass is 576 g/mol. The van der Waals surface area contributed by atoms with Crippen LogP contribution in [-0.4, -0.2) is 42.0 Å². The summed E-state index contributed by atoms with van der Waals surface area (Å²) < 4.78 is 59.4. The van der Waals surface area contributed by atoms with Crippen LogP contribution in [0.4, 0.5) is 23.2 Å². The molecule has 220 valence electrons. The molecule has 3 aromatic rings. The fraction of sp³-hybridized carbons (Fsp3) is 0.414. The number of hydrogen-bond donors (Lipinski definition) is 3. The van der Waals surface area contributed by atoms with Crippen LogP contribution in [0.25, 0.3) is 11.3 Å². The maximum atomic E-state index is 13.3. The van der Waals surface area contributed by atoms with E-state index in [1.807, 2.05) is 0 Å². The quantitative estimate of drug-likeness (QED) is 0.240. The Hall–Kier alpha value is -4.09. The lowest BCUT2D eigenvalue weighted by molar-refractivity contribution is -0.274. The molecule has 41 heavy (non-hydrogen) atoms. The third kappa shape index (κ3) is 9.22. The topological polar surface area (TPSA) is 105 Å².